The molecule has 1 aromatic heterocycles. The van der Waals surface area contributed by atoms with E-state index >= 15 is 0 Å². The number of para-hydroxylation sites is 1. The van der Waals surface area contributed by atoms with E-state index in [4.69, 9.17) is 9.72 Å². The number of morpholine rings is 1. The van der Waals surface area contributed by atoms with Crippen molar-refractivity contribution in [3.63, 3.8) is 0 Å². The second-order valence-electron chi connectivity index (χ2n) is 6.09. The Hall–Kier alpha value is -2.66. The largest absolute Gasteiger partial charge is 0.386 e. The molecule has 0 amide bonds. The van der Waals surface area contributed by atoms with Crippen LogP contribution in [0.4, 0.5) is 15.8 Å². The van der Waals surface area contributed by atoms with Crippen LogP contribution in [0.25, 0.3) is 22.2 Å². The maximum atomic E-state index is 13.7. The van der Waals surface area contributed by atoms with Crippen molar-refractivity contribution in [2.75, 3.05) is 43.6 Å². The summed E-state index contributed by atoms with van der Waals surface area (Å²) >= 11 is 0. The van der Waals surface area contributed by atoms with E-state index in [0.29, 0.717) is 0 Å². The predicted octanol–water partition coefficient (Wildman–Crippen LogP) is 3.92. The van der Waals surface area contributed by atoms with Crippen molar-refractivity contribution < 1.29 is 9.13 Å². The number of hydrogen-bond acceptors (Lipinski definition) is 4. The first-order valence-corrected chi connectivity index (χ1v) is 8.46. The lowest BCUT2D eigenvalue weighted by atomic mass is 10.1. The minimum absolute atomic E-state index is 0.261. The summed E-state index contributed by atoms with van der Waals surface area (Å²) in [6.07, 6.45) is 0. The van der Waals surface area contributed by atoms with Gasteiger partial charge < -0.3 is 15.0 Å². The van der Waals surface area contributed by atoms with Gasteiger partial charge in [-0.15, -0.1) is 0 Å². The van der Waals surface area contributed by atoms with Crippen molar-refractivity contribution in [2.24, 2.45) is 0 Å². The van der Waals surface area contributed by atoms with Crippen LogP contribution in [-0.4, -0.2) is 38.3 Å². The highest BCUT2D eigenvalue weighted by atomic mass is 19.1. The number of rotatable bonds is 3. The van der Waals surface area contributed by atoms with Crippen LogP contribution in [0.15, 0.2) is 48.5 Å². The Morgan fingerprint density at radius 2 is 1.88 bits per heavy atom. The van der Waals surface area contributed by atoms with Crippen molar-refractivity contribution in [3.8, 4) is 11.3 Å². The van der Waals surface area contributed by atoms with Crippen LogP contribution in [-0.2, 0) is 4.74 Å². The van der Waals surface area contributed by atoms with E-state index in [1.165, 1.54) is 12.1 Å². The Balaban J connectivity index is 1.90. The Morgan fingerprint density at radius 1 is 1.08 bits per heavy atom. The molecule has 2 heterocycles. The standard InChI is InChI=1S/C20H20FN3O/c1-22-17-13-15-5-3-7-18(24-8-10-25-11-9-24)20(15)23-19(17)14-4-2-6-16(21)12-14/h2-7,12-13,22H,8-11H2,1H3. The normalized spacial score (nSPS) is 14.7. The number of anilines is 2. The number of benzene rings is 2. The zero-order valence-electron chi connectivity index (χ0n) is 14.1. The third-order valence-corrected chi connectivity index (χ3v) is 4.54. The Morgan fingerprint density at radius 3 is 2.64 bits per heavy atom. The van der Waals surface area contributed by atoms with Gasteiger partial charge in [0.1, 0.15) is 5.82 Å². The summed E-state index contributed by atoms with van der Waals surface area (Å²) in [4.78, 5) is 7.22. The van der Waals surface area contributed by atoms with Crippen molar-refractivity contribution in [2.45, 2.75) is 0 Å². The average molecular weight is 337 g/mol. The highest BCUT2D eigenvalue weighted by Crippen LogP contribution is 2.34. The molecule has 2 aromatic carbocycles. The molecule has 3 aromatic rings. The summed E-state index contributed by atoms with van der Waals surface area (Å²) in [5, 5.41) is 4.25. The van der Waals surface area contributed by atoms with Gasteiger partial charge in [-0.25, -0.2) is 9.37 Å². The van der Waals surface area contributed by atoms with Crippen LogP contribution in [0.1, 0.15) is 0 Å². The zero-order valence-corrected chi connectivity index (χ0v) is 14.1. The van der Waals surface area contributed by atoms with Gasteiger partial charge in [0.2, 0.25) is 0 Å². The molecule has 5 heteroatoms. The molecule has 4 rings (SSSR count). The third-order valence-electron chi connectivity index (χ3n) is 4.54. The molecular formula is C20H20FN3O. The van der Waals surface area contributed by atoms with Crippen LogP contribution in [0.3, 0.4) is 0 Å². The van der Waals surface area contributed by atoms with E-state index in [0.717, 1.165) is 59.8 Å². The van der Waals surface area contributed by atoms with Gasteiger partial charge in [-0.05, 0) is 24.3 Å². The molecule has 4 nitrogen and oxygen atoms in total. The minimum atomic E-state index is -0.261. The maximum Gasteiger partial charge on any atom is 0.123 e. The van der Waals surface area contributed by atoms with Crippen molar-refractivity contribution >= 4 is 22.3 Å². The van der Waals surface area contributed by atoms with Crippen LogP contribution < -0.4 is 10.2 Å². The highest BCUT2D eigenvalue weighted by molar-refractivity contribution is 5.96. The lowest BCUT2D eigenvalue weighted by Crippen LogP contribution is -2.36. The number of hydrogen-bond donors (Lipinski definition) is 1. The molecule has 1 fully saturated rings. The van der Waals surface area contributed by atoms with Crippen molar-refractivity contribution in [1.82, 2.24) is 4.98 Å². The molecule has 25 heavy (non-hydrogen) atoms. The van der Waals surface area contributed by atoms with Gasteiger partial charge in [0, 0.05) is 31.1 Å². The Bertz CT molecular complexity index is 907. The topological polar surface area (TPSA) is 37.4 Å². The van der Waals surface area contributed by atoms with Gasteiger partial charge in [0.15, 0.2) is 0 Å². The molecule has 1 aliphatic heterocycles. The zero-order chi connectivity index (χ0) is 17.2. The minimum Gasteiger partial charge on any atom is -0.386 e. The van der Waals surface area contributed by atoms with E-state index in [-0.39, 0.29) is 5.82 Å². The van der Waals surface area contributed by atoms with Crippen LogP contribution in [0.2, 0.25) is 0 Å². The fourth-order valence-electron chi connectivity index (χ4n) is 3.29. The van der Waals surface area contributed by atoms with E-state index in [9.17, 15) is 4.39 Å². The highest BCUT2D eigenvalue weighted by Gasteiger charge is 2.17. The fraction of sp³-hybridized carbons (Fsp3) is 0.250. The number of fused-ring (bicyclic) bond motifs is 1. The van der Waals surface area contributed by atoms with E-state index < -0.39 is 0 Å². The first-order valence-electron chi connectivity index (χ1n) is 8.46. The second kappa shape index (κ2) is 6.69. The molecule has 0 spiro atoms. The first-order chi connectivity index (χ1) is 12.3. The number of pyridine rings is 1. The van der Waals surface area contributed by atoms with E-state index in [2.05, 4.69) is 34.5 Å². The van der Waals surface area contributed by atoms with Gasteiger partial charge in [-0.1, -0.05) is 24.3 Å². The molecule has 1 aliphatic rings. The van der Waals surface area contributed by atoms with Gasteiger partial charge in [0.25, 0.3) is 0 Å². The van der Waals surface area contributed by atoms with E-state index in [1.54, 1.807) is 6.07 Å². The van der Waals surface area contributed by atoms with E-state index in [1.807, 2.05) is 13.1 Å². The number of nitrogens with one attached hydrogen (secondary N) is 1. The molecule has 0 unspecified atom stereocenters. The summed E-state index contributed by atoms with van der Waals surface area (Å²) in [6, 6.07) is 14.8. The molecule has 1 saturated heterocycles. The average Bonchev–Trinajstić information content (AvgIpc) is 2.67. The number of halogens is 1. The third kappa shape index (κ3) is 3.03. The molecule has 128 valence electrons. The van der Waals surface area contributed by atoms with Crippen molar-refractivity contribution in [1.29, 1.82) is 0 Å². The summed E-state index contributed by atoms with van der Waals surface area (Å²) in [6.45, 7) is 3.15. The predicted molar refractivity (Wildman–Crippen MR) is 99.7 cm³/mol. The quantitative estimate of drug-likeness (QED) is 0.786. The fourth-order valence-corrected chi connectivity index (χ4v) is 3.29. The molecule has 1 N–H and O–H groups in total. The number of aromatic nitrogens is 1. The van der Waals surface area contributed by atoms with Gasteiger partial charge in [-0.2, -0.15) is 0 Å². The van der Waals surface area contributed by atoms with Gasteiger partial charge in [-0.3, -0.25) is 0 Å². The Labute approximate surface area is 146 Å². The molecule has 0 saturated carbocycles. The Kier molecular flexibility index (Phi) is 4.24. The lowest BCUT2D eigenvalue weighted by Gasteiger charge is -2.29. The number of nitrogens with zero attached hydrogens (tertiary/aromatic N) is 2. The van der Waals surface area contributed by atoms with Crippen LogP contribution >= 0.6 is 0 Å². The summed E-state index contributed by atoms with van der Waals surface area (Å²) in [5.41, 5.74) is 4.44. The molecule has 0 atom stereocenters. The van der Waals surface area contributed by atoms with Gasteiger partial charge >= 0.3 is 0 Å². The number of ether oxygens (including phenoxy) is 1. The second-order valence-corrected chi connectivity index (χ2v) is 6.09. The van der Waals surface area contributed by atoms with Crippen molar-refractivity contribution in [3.05, 3.63) is 54.3 Å². The summed E-state index contributed by atoms with van der Waals surface area (Å²) < 4.78 is 19.2. The molecule has 0 aliphatic carbocycles. The summed E-state index contributed by atoms with van der Waals surface area (Å²) in [7, 11) is 1.86. The lowest BCUT2D eigenvalue weighted by molar-refractivity contribution is 0.123. The molecule has 0 bridgehead atoms. The first kappa shape index (κ1) is 15.8. The monoisotopic (exact) mass is 337 g/mol. The maximum absolute atomic E-state index is 13.7. The molecular weight excluding hydrogens is 317 g/mol. The van der Waals surface area contributed by atoms with Crippen LogP contribution in [0, 0.1) is 5.82 Å². The molecule has 0 radical (unpaired) electrons. The SMILES string of the molecule is CNc1cc2cccc(N3CCOCC3)c2nc1-c1cccc(F)c1. The summed E-state index contributed by atoms with van der Waals surface area (Å²) in [5.74, 6) is -0.261. The smallest absolute Gasteiger partial charge is 0.123 e. The van der Waals surface area contributed by atoms with Crippen LogP contribution in [0.5, 0.6) is 0 Å². The van der Waals surface area contributed by atoms with Gasteiger partial charge in [0.05, 0.1) is 35.8 Å².